The minimum Gasteiger partial charge on any atom is -0.494 e. The summed E-state index contributed by atoms with van der Waals surface area (Å²) in [6, 6.07) is 3.21. The summed E-state index contributed by atoms with van der Waals surface area (Å²) < 4.78 is 32.8. The Morgan fingerprint density at radius 1 is 0.846 bits per heavy atom. The van der Waals surface area contributed by atoms with Crippen LogP contribution in [-0.2, 0) is 6.42 Å². The number of benzene rings is 1. The Bertz CT molecular complexity index is 570. The summed E-state index contributed by atoms with van der Waals surface area (Å²) in [5.74, 6) is 1.92. The minimum atomic E-state index is -0.851. The van der Waals surface area contributed by atoms with E-state index in [9.17, 15) is 8.78 Å². The van der Waals surface area contributed by atoms with E-state index >= 15 is 0 Å². The second-order valence-corrected chi connectivity index (χ2v) is 8.56. The zero-order chi connectivity index (χ0) is 18.5. The Balaban J connectivity index is 1.44. The molecule has 146 valence electrons. The predicted octanol–water partition coefficient (Wildman–Crippen LogP) is 6.93. The van der Waals surface area contributed by atoms with Gasteiger partial charge in [-0.2, -0.15) is 4.39 Å². The number of ether oxygens (including phenoxy) is 1. The Labute approximate surface area is 157 Å². The maximum atomic E-state index is 14.1. The molecule has 2 fully saturated rings. The van der Waals surface area contributed by atoms with Crippen molar-refractivity contribution in [1.82, 2.24) is 0 Å². The van der Waals surface area contributed by atoms with Crippen molar-refractivity contribution in [3.05, 3.63) is 29.3 Å². The lowest BCUT2D eigenvalue weighted by molar-refractivity contribution is 0.142. The lowest BCUT2D eigenvalue weighted by Crippen LogP contribution is -2.25. The van der Waals surface area contributed by atoms with Crippen LogP contribution in [0.5, 0.6) is 5.75 Å². The molecule has 0 radical (unpaired) electrons. The number of aryl methyl sites for hydroxylation is 1. The van der Waals surface area contributed by atoms with Crippen LogP contribution in [0, 0.1) is 35.3 Å². The molecule has 1 aromatic rings. The molecule has 2 saturated carbocycles. The fourth-order valence-corrected chi connectivity index (χ4v) is 5.30. The van der Waals surface area contributed by atoms with Crippen LogP contribution in [-0.4, -0.2) is 7.11 Å². The first-order valence-corrected chi connectivity index (χ1v) is 10.6. The second-order valence-electron chi connectivity index (χ2n) is 8.56. The topological polar surface area (TPSA) is 9.23 Å². The second kappa shape index (κ2) is 9.19. The molecule has 0 N–H and O–H groups in total. The third-order valence-corrected chi connectivity index (χ3v) is 7.20. The van der Waals surface area contributed by atoms with Gasteiger partial charge in [-0.25, -0.2) is 4.39 Å². The molecular formula is C23H34F2O. The van der Waals surface area contributed by atoms with Crippen LogP contribution in [0.4, 0.5) is 8.78 Å². The van der Waals surface area contributed by atoms with Crippen LogP contribution < -0.4 is 4.74 Å². The Hall–Kier alpha value is -1.12. The van der Waals surface area contributed by atoms with E-state index in [1.165, 1.54) is 71.0 Å². The van der Waals surface area contributed by atoms with E-state index in [0.29, 0.717) is 17.9 Å². The van der Waals surface area contributed by atoms with Crippen molar-refractivity contribution in [2.75, 3.05) is 7.11 Å². The van der Waals surface area contributed by atoms with Gasteiger partial charge in [0.15, 0.2) is 11.6 Å². The first kappa shape index (κ1) is 19.6. The van der Waals surface area contributed by atoms with Gasteiger partial charge in [0.25, 0.3) is 0 Å². The summed E-state index contributed by atoms with van der Waals surface area (Å²) in [5.41, 5.74) is 0.489. The Kier molecular flexibility index (Phi) is 6.94. The van der Waals surface area contributed by atoms with Gasteiger partial charge in [-0.15, -0.1) is 0 Å². The van der Waals surface area contributed by atoms with Gasteiger partial charge in [0, 0.05) is 0 Å². The maximum Gasteiger partial charge on any atom is 0.200 e. The van der Waals surface area contributed by atoms with Gasteiger partial charge in [-0.05, 0) is 73.8 Å². The highest BCUT2D eigenvalue weighted by Gasteiger charge is 2.30. The quantitative estimate of drug-likeness (QED) is 0.532. The molecule has 1 aromatic carbocycles. The van der Waals surface area contributed by atoms with Crippen molar-refractivity contribution in [3.63, 3.8) is 0 Å². The van der Waals surface area contributed by atoms with E-state index in [1.807, 2.05) is 0 Å². The van der Waals surface area contributed by atoms with Crippen LogP contribution in [0.1, 0.15) is 76.7 Å². The number of methoxy groups -OCH3 is 1. The normalized spacial score (nSPS) is 29.5. The number of halogens is 2. The summed E-state index contributed by atoms with van der Waals surface area (Å²) in [6.45, 7) is 2.33. The van der Waals surface area contributed by atoms with Crippen molar-refractivity contribution in [3.8, 4) is 5.75 Å². The summed E-state index contributed by atoms with van der Waals surface area (Å²) in [6.07, 6.45) is 13.9. The molecule has 0 heterocycles. The van der Waals surface area contributed by atoms with E-state index < -0.39 is 11.6 Å². The monoisotopic (exact) mass is 364 g/mol. The van der Waals surface area contributed by atoms with E-state index in [-0.39, 0.29) is 5.75 Å². The lowest BCUT2D eigenvalue weighted by atomic mass is 9.68. The van der Waals surface area contributed by atoms with E-state index in [1.54, 1.807) is 6.07 Å². The van der Waals surface area contributed by atoms with Crippen LogP contribution in [0.15, 0.2) is 12.1 Å². The largest absolute Gasteiger partial charge is 0.494 e. The predicted molar refractivity (Wildman–Crippen MR) is 102 cm³/mol. The van der Waals surface area contributed by atoms with Crippen LogP contribution >= 0.6 is 0 Å². The maximum absolute atomic E-state index is 14.1. The highest BCUT2D eigenvalue weighted by Crippen LogP contribution is 2.42. The van der Waals surface area contributed by atoms with Crippen molar-refractivity contribution in [2.24, 2.45) is 23.7 Å². The van der Waals surface area contributed by atoms with Gasteiger partial charge in [-0.1, -0.05) is 45.1 Å². The molecule has 2 aliphatic rings. The molecular weight excluding hydrogens is 330 g/mol. The molecule has 0 saturated heterocycles. The van der Waals surface area contributed by atoms with Crippen LogP contribution in [0.3, 0.4) is 0 Å². The van der Waals surface area contributed by atoms with Crippen molar-refractivity contribution in [2.45, 2.75) is 77.6 Å². The highest BCUT2D eigenvalue weighted by molar-refractivity contribution is 5.31. The molecule has 0 aliphatic heterocycles. The number of hydrogen-bond acceptors (Lipinski definition) is 1. The molecule has 0 amide bonds. The van der Waals surface area contributed by atoms with E-state index in [0.717, 1.165) is 24.2 Å². The van der Waals surface area contributed by atoms with Gasteiger partial charge >= 0.3 is 0 Å². The average Bonchev–Trinajstić information content (AvgIpc) is 2.70. The first-order valence-electron chi connectivity index (χ1n) is 10.6. The third-order valence-electron chi connectivity index (χ3n) is 7.20. The zero-order valence-corrected chi connectivity index (χ0v) is 16.4. The van der Waals surface area contributed by atoms with Gasteiger partial charge in [-0.3, -0.25) is 0 Å². The summed E-state index contributed by atoms with van der Waals surface area (Å²) in [4.78, 5) is 0. The summed E-state index contributed by atoms with van der Waals surface area (Å²) in [7, 11) is 1.37. The fourth-order valence-electron chi connectivity index (χ4n) is 5.30. The molecule has 0 spiro atoms. The molecule has 0 atom stereocenters. The molecule has 2 aliphatic carbocycles. The summed E-state index contributed by atoms with van der Waals surface area (Å²) in [5, 5.41) is 0. The molecule has 26 heavy (non-hydrogen) atoms. The Morgan fingerprint density at radius 3 is 1.96 bits per heavy atom. The summed E-state index contributed by atoms with van der Waals surface area (Å²) >= 11 is 0. The van der Waals surface area contributed by atoms with Crippen molar-refractivity contribution < 1.29 is 13.5 Å². The number of hydrogen-bond donors (Lipinski definition) is 0. The van der Waals surface area contributed by atoms with Gasteiger partial charge in [0.05, 0.1) is 7.11 Å². The van der Waals surface area contributed by atoms with Gasteiger partial charge in [0.2, 0.25) is 5.82 Å². The van der Waals surface area contributed by atoms with E-state index in [2.05, 4.69) is 6.92 Å². The van der Waals surface area contributed by atoms with Gasteiger partial charge in [0.1, 0.15) is 0 Å². The van der Waals surface area contributed by atoms with Crippen LogP contribution in [0.2, 0.25) is 0 Å². The fraction of sp³-hybridized carbons (Fsp3) is 0.739. The zero-order valence-electron chi connectivity index (χ0n) is 16.4. The average molecular weight is 365 g/mol. The smallest absolute Gasteiger partial charge is 0.200 e. The Morgan fingerprint density at radius 2 is 1.42 bits per heavy atom. The van der Waals surface area contributed by atoms with E-state index in [4.69, 9.17) is 4.74 Å². The minimum absolute atomic E-state index is 0.00967. The third kappa shape index (κ3) is 4.58. The van der Waals surface area contributed by atoms with Gasteiger partial charge < -0.3 is 4.74 Å². The van der Waals surface area contributed by atoms with Crippen molar-refractivity contribution >= 4 is 0 Å². The lowest BCUT2D eigenvalue weighted by Gasteiger charge is -2.37. The molecule has 0 aromatic heterocycles. The molecule has 3 rings (SSSR count). The first-order chi connectivity index (χ1) is 12.6. The molecule has 1 nitrogen and oxygen atoms in total. The standard InChI is InChI=1S/C23H34F2O/c1-3-16-4-9-18(10-5-16)19-11-6-17(7-12-19)8-13-20-14-15-21(26-2)23(25)22(20)24/h14-19H,3-13H2,1-2H3. The molecule has 3 heteroatoms. The van der Waals surface area contributed by atoms with Crippen LogP contribution in [0.25, 0.3) is 0 Å². The number of rotatable bonds is 6. The molecule has 0 bridgehead atoms. The van der Waals surface area contributed by atoms with Crippen molar-refractivity contribution in [1.29, 1.82) is 0 Å². The SMILES string of the molecule is CCC1CCC(C2CCC(CCc3ccc(OC)c(F)c3F)CC2)CC1. The molecule has 0 unspecified atom stereocenters. The highest BCUT2D eigenvalue weighted by atomic mass is 19.2.